The van der Waals surface area contributed by atoms with E-state index in [-0.39, 0.29) is 24.9 Å². The van der Waals surface area contributed by atoms with Crippen molar-refractivity contribution in [2.75, 3.05) is 30.4 Å². The van der Waals surface area contributed by atoms with Gasteiger partial charge in [-0.2, -0.15) is 0 Å². The maximum absolute atomic E-state index is 13.6. The molecule has 9 nitrogen and oxygen atoms in total. The van der Waals surface area contributed by atoms with Gasteiger partial charge in [0.1, 0.15) is 12.6 Å². The van der Waals surface area contributed by atoms with E-state index in [4.69, 9.17) is 9.47 Å². The molecule has 1 heterocycles. The Morgan fingerprint density at radius 2 is 1.83 bits per heavy atom. The highest BCUT2D eigenvalue weighted by Gasteiger charge is 2.31. The highest BCUT2D eigenvalue weighted by Crippen LogP contribution is 2.36. The molecule has 10 heteroatoms. The zero-order chi connectivity index (χ0) is 25.6. The molecule has 0 aliphatic carbocycles. The molecule has 0 unspecified atom stereocenters. The molecule has 1 atom stereocenters. The molecule has 1 N–H and O–H groups in total. The van der Waals surface area contributed by atoms with Crippen molar-refractivity contribution >= 4 is 27.5 Å². The summed E-state index contributed by atoms with van der Waals surface area (Å²) >= 11 is 0. The number of rotatable bonds is 11. The van der Waals surface area contributed by atoms with Crippen molar-refractivity contribution in [2.24, 2.45) is 0 Å². The Morgan fingerprint density at radius 3 is 2.51 bits per heavy atom. The molecule has 3 rings (SSSR count). The van der Waals surface area contributed by atoms with Crippen LogP contribution in [-0.4, -0.2) is 57.3 Å². The van der Waals surface area contributed by atoms with Gasteiger partial charge in [-0.05, 0) is 43.5 Å². The van der Waals surface area contributed by atoms with Gasteiger partial charge < -0.3 is 19.7 Å². The van der Waals surface area contributed by atoms with Crippen LogP contribution in [0.25, 0.3) is 0 Å². The van der Waals surface area contributed by atoms with E-state index in [0.29, 0.717) is 18.0 Å². The Morgan fingerprint density at radius 1 is 1.11 bits per heavy atom. The fraction of sp³-hybridized carbons (Fsp3) is 0.440. The Labute approximate surface area is 207 Å². The van der Waals surface area contributed by atoms with Crippen LogP contribution in [0.4, 0.5) is 5.69 Å². The van der Waals surface area contributed by atoms with Crippen LogP contribution in [0.5, 0.6) is 11.5 Å². The Bertz CT molecular complexity index is 1170. The van der Waals surface area contributed by atoms with Crippen LogP contribution in [0.1, 0.15) is 37.8 Å². The van der Waals surface area contributed by atoms with E-state index in [9.17, 15) is 18.0 Å². The first-order chi connectivity index (χ1) is 16.6. The average molecular weight is 504 g/mol. The number of sulfonamides is 1. The van der Waals surface area contributed by atoms with Crippen molar-refractivity contribution < 1.29 is 27.5 Å². The lowest BCUT2D eigenvalue weighted by molar-refractivity contribution is -0.139. The van der Waals surface area contributed by atoms with Crippen LogP contribution in [0.15, 0.2) is 42.5 Å². The van der Waals surface area contributed by atoms with Gasteiger partial charge in [-0.25, -0.2) is 8.42 Å². The van der Waals surface area contributed by atoms with E-state index in [2.05, 4.69) is 5.32 Å². The standard InChI is InChI=1S/C25H33N3O6S/c1-5-6-13-26-25(30)19(3)27(15-20-10-8-7-9-18(20)2)24(29)16-28(35(4,31)32)21-11-12-22-23(14-21)34-17-33-22/h7-12,14,19H,5-6,13,15-17H2,1-4H3,(H,26,30)/t19-/m1/s1. The molecule has 0 fully saturated rings. The molecule has 35 heavy (non-hydrogen) atoms. The van der Waals surface area contributed by atoms with Crippen molar-refractivity contribution in [2.45, 2.75) is 46.2 Å². The van der Waals surface area contributed by atoms with Crippen molar-refractivity contribution in [3.05, 3.63) is 53.6 Å². The fourth-order valence-electron chi connectivity index (χ4n) is 3.74. The SMILES string of the molecule is CCCCNC(=O)[C@@H](C)N(Cc1ccccc1C)C(=O)CN(c1ccc2c(c1)OCO2)S(C)(=O)=O. The second-order valence-corrected chi connectivity index (χ2v) is 10.5. The molecule has 0 spiro atoms. The van der Waals surface area contributed by atoms with Crippen LogP contribution < -0.4 is 19.1 Å². The van der Waals surface area contributed by atoms with Gasteiger partial charge in [-0.15, -0.1) is 0 Å². The van der Waals surface area contributed by atoms with Crippen molar-refractivity contribution in [3.63, 3.8) is 0 Å². The highest BCUT2D eigenvalue weighted by atomic mass is 32.2. The molecular weight excluding hydrogens is 470 g/mol. The Hall–Kier alpha value is -3.27. The minimum Gasteiger partial charge on any atom is -0.454 e. The third-order valence-corrected chi connectivity index (χ3v) is 7.06. The highest BCUT2D eigenvalue weighted by molar-refractivity contribution is 7.92. The van der Waals surface area contributed by atoms with E-state index in [1.54, 1.807) is 19.1 Å². The van der Waals surface area contributed by atoms with E-state index < -0.39 is 28.5 Å². The molecule has 0 saturated carbocycles. The normalized spacial score (nSPS) is 13.3. The summed E-state index contributed by atoms with van der Waals surface area (Å²) in [4.78, 5) is 27.9. The monoisotopic (exact) mass is 503 g/mol. The number of carbonyl (C=O) groups excluding carboxylic acids is 2. The molecule has 2 amide bonds. The molecule has 1 aliphatic heterocycles. The maximum Gasteiger partial charge on any atom is 0.244 e. The summed E-state index contributed by atoms with van der Waals surface area (Å²) in [6.07, 6.45) is 2.80. The fourth-order valence-corrected chi connectivity index (χ4v) is 4.59. The lowest BCUT2D eigenvalue weighted by atomic mass is 10.1. The molecular formula is C25H33N3O6S. The third kappa shape index (κ3) is 6.66. The van der Waals surface area contributed by atoms with Gasteiger partial charge in [0, 0.05) is 19.2 Å². The number of carbonyl (C=O) groups is 2. The van der Waals surface area contributed by atoms with E-state index >= 15 is 0 Å². The minimum absolute atomic E-state index is 0.0471. The molecule has 0 bridgehead atoms. The number of unbranched alkanes of at least 4 members (excludes halogenated alkanes) is 1. The molecule has 2 aromatic rings. The number of anilines is 1. The number of hydrogen-bond donors (Lipinski definition) is 1. The summed E-state index contributed by atoms with van der Waals surface area (Å²) in [5.74, 6) is 0.139. The zero-order valence-electron chi connectivity index (χ0n) is 20.6. The summed E-state index contributed by atoms with van der Waals surface area (Å²) in [5, 5.41) is 2.87. The lowest BCUT2D eigenvalue weighted by Gasteiger charge is -2.32. The molecule has 0 radical (unpaired) electrons. The van der Waals surface area contributed by atoms with E-state index in [1.165, 1.54) is 11.0 Å². The third-order valence-electron chi connectivity index (χ3n) is 5.92. The minimum atomic E-state index is -3.82. The predicted molar refractivity (Wildman–Crippen MR) is 134 cm³/mol. The Kier molecular flexibility index (Phi) is 8.61. The number of hydrogen-bond acceptors (Lipinski definition) is 6. The van der Waals surface area contributed by atoms with Crippen LogP contribution in [0.3, 0.4) is 0 Å². The molecule has 0 saturated heterocycles. The maximum atomic E-state index is 13.6. The smallest absolute Gasteiger partial charge is 0.244 e. The zero-order valence-corrected chi connectivity index (χ0v) is 21.4. The topological polar surface area (TPSA) is 105 Å². The summed E-state index contributed by atoms with van der Waals surface area (Å²) in [5.41, 5.74) is 2.13. The summed E-state index contributed by atoms with van der Waals surface area (Å²) < 4.78 is 37.1. The number of fused-ring (bicyclic) bond motifs is 1. The van der Waals surface area contributed by atoms with Crippen molar-refractivity contribution in [1.29, 1.82) is 0 Å². The van der Waals surface area contributed by atoms with Crippen molar-refractivity contribution in [3.8, 4) is 11.5 Å². The van der Waals surface area contributed by atoms with Crippen LogP contribution >= 0.6 is 0 Å². The van der Waals surface area contributed by atoms with Crippen molar-refractivity contribution in [1.82, 2.24) is 10.2 Å². The molecule has 1 aliphatic rings. The van der Waals surface area contributed by atoms with Gasteiger partial charge in [-0.3, -0.25) is 13.9 Å². The van der Waals surface area contributed by atoms with Gasteiger partial charge in [0.15, 0.2) is 11.5 Å². The number of ether oxygens (including phenoxy) is 2. The molecule has 2 aromatic carbocycles. The summed E-state index contributed by atoms with van der Waals surface area (Å²) in [6.45, 7) is 5.88. The molecule has 190 valence electrons. The number of aryl methyl sites for hydroxylation is 1. The van der Waals surface area contributed by atoms with E-state index in [1.807, 2.05) is 38.1 Å². The average Bonchev–Trinajstić information content (AvgIpc) is 3.28. The number of nitrogens with zero attached hydrogens (tertiary/aromatic N) is 2. The van der Waals surface area contributed by atoms with Crippen LogP contribution in [-0.2, 0) is 26.2 Å². The van der Waals surface area contributed by atoms with Gasteiger partial charge in [0.2, 0.25) is 28.6 Å². The predicted octanol–water partition coefficient (Wildman–Crippen LogP) is 2.82. The summed E-state index contributed by atoms with van der Waals surface area (Å²) in [6, 6.07) is 11.5. The number of amides is 2. The van der Waals surface area contributed by atoms with E-state index in [0.717, 1.165) is 34.5 Å². The first kappa shape index (κ1) is 26.3. The van der Waals surface area contributed by atoms with Crippen LogP contribution in [0.2, 0.25) is 0 Å². The quantitative estimate of drug-likeness (QED) is 0.473. The lowest BCUT2D eigenvalue weighted by Crippen LogP contribution is -2.51. The second-order valence-electron chi connectivity index (χ2n) is 8.58. The first-order valence-electron chi connectivity index (χ1n) is 11.6. The Balaban J connectivity index is 1.89. The largest absolute Gasteiger partial charge is 0.454 e. The van der Waals surface area contributed by atoms with Gasteiger partial charge in [0.25, 0.3) is 0 Å². The van der Waals surface area contributed by atoms with Crippen LogP contribution in [0, 0.1) is 6.92 Å². The number of benzene rings is 2. The van der Waals surface area contributed by atoms with Gasteiger partial charge >= 0.3 is 0 Å². The van der Waals surface area contributed by atoms with Gasteiger partial charge in [0.05, 0.1) is 11.9 Å². The summed E-state index contributed by atoms with van der Waals surface area (Å²) in [7, 11) is -3.82. The second kappa shape index (κ2) is 11.4. The van der Waals surface area contributed by atoms with Gasteiger partial charge in [-0.1, -0.05) is 37.6 Å². The molecule has 0 aromatic heterocycles. The first-order valence-corrected chi connectivity index (χ1v) is 13.5. The number of nitrogens with one attached hydrogen (secondary N) is 1.